The molecule has 1 N–H and O–H groups in total. The molecule has 0 saturated carbocycles. The van der Waals surface area contributed by atoms with Crippen LogP contribution in [0.25, 0.3) is 0 Å². The molecule has 5 heteroatoms. The molecule has 1 fully saturated rings. The summed E-state index contributed by atoms with van der Waals surface area (Å²) in [5.74, 6) is 1.04. The molecule has 0 aliphatic carbocycles. The Morgan fingerprint density at radius 2 is 1.81 bits per heavy atom. The fraction of sp³-hybridized carbons (Fsp3) is 0.250. The van der Waals surface area contributed by atoms with Crippen LogP contribution < -0.4 is 9.80 Å². The Balaban J connectivity index is 1.72. The highest BCUT2D eigenvalue weighted by atomic mass is 16.3. The van der Waals surface area contributed by atoms with Gasteiger partial charge >= 0.3 is 0 Å². The van der Waals surface area contributed by atoms with E-state index in [2.05, 4.69) is 20.9 Å². The second kappa shape index (κ2) is 5.71. The maximum atomic E-state index is 9.56. The molecule has 0 unspecified atom stereocenters. The average Bonchev–Trinajstić information content (AvgIpc) is 2.55. The number of anilines is 2. The Bertz CT molecular complexity index is 672. The van der Waals surface area contributed by atoms with Gasteiger partial charge in [-0.15, -0.1) is 0 Å². The highest BCUT2D eigenvalue weighted by Crippen LogP contribution is 2.23. The number of pyridine rings is 1. The molecule has 0 atom stereocenters. The molecule has 0 amide bonds. The number of piperazine rings is 1. The van der Waals surface area contributed by atoms with Crippen molar-refractivity contribution in [2.45, 2.75) is 0 Å². The first-order valence-electron chi connectivity index (χ1n) is 6.92. The second-order valence-corrected chi connectivity index (χ2v) is 4.98. The number of nitriles is 1. The van der Waals surface area contributed by atoms with Gasteiger partial charge in [-0.1, -0.05) is 6.07 Å². The summed E-state index contributed by atoms with van der Waals surface area (Å²) in [6.45, 7) is 3.29. The van der Waals surface area contributed by atoms with Crippen LogP contribution in [0, 0.1) is 11.3 Å². The van der Waals surface area contributed by atoms with E-state index in [0.717, 1.165) is 37.7 Å². The van der Waals surface area contributed by atoms with Gasteiger partial charge in [-0.25, -0.2) is 4.98 Å². The van der Waals surface area contributed by atoms with Crippen LogP contribution in [-0.4, -0.2) is 36.3 Å². The standard InChI is InChI=1S/C16H16N4O/c17-12-13-3-2-6-18-16(13)20-9-7-19(8-10-20)14-4-1-5-15(21)11-14/h1-6,11,21H,7-10H2. The third kappa shape index (κ3) is 2.75. The lowest BCUT2D eigenvalue weighted by molar-refractivity contribution is 0.475. The predicted molar refractivity (Wildman–Crippen MR) is 81.5 cm³/mol. The van der Waals surface area contributed by atoms with Gasteiger partial charge in [0, 0.05) is 44.1 Å². The summed E-state index contributed by atoms with van der Waals surface area (Å²) in [5, 5.41) is 18.7. The minimum Gasteiger partial charge on any atom is -0.508 e. The highest BCUT2D eigenvalue weighted by molar-refractivity contribution is 5.56. The summed E-state index contributed by atoms with van der Waals surface area (Å²) < 4.78 is 0. The highest BCUT2D eigenvalue weighted by Gasteiger charge is 2.20. The largest absolute Gasteiger partial charge is 0.508 e. The lowest BCUT2D eigenvalue weighted by atomic mass is 10.2. The van der Waals surface area contributed by atoms with Crippen LogP contribution in [0.15, 0.2) is 42.6 Å². The Kier molecular flexibility index (Phi) is 3.61. The summed E-state index contributed by atoms with van der Waals surface area (Å²) >= 11 is 0. The number of aromatic hydroxyl groups is 1. The number of benzene rings is 1. The van der Waals surface area contributed by atoms with Crippen molar-refractivity contribution in [3.8, 4) is 11.8 Å². The molecule has 0 spiro atoms. The number of rotatable bonds is 2. The molecule has 0 bridgehead atoms. The maximum Gasteiger partial charge on any atom is 0.146 e. The topological polar surface area (TPSA) is 63.4 Å². The van der Waals surface area contributed by atoms with Gasteiger partial charge in [0.05, 0.1) is 5.56 Å². The fourth-order valence-corrected chi connectivity index (χ4v) is 2.60. The van der Waals surface area contributed by atoms with Crippen LogP contribution in [0.5, 0.6) is 5.75 Å². The summed E-state index contributed by atoms with van der Waals surface area (Å²) in [6.07, 6.45) is 1.72. The molecule has 2 heterocycles. The molecule has 1 aliphatic rings. The summed E-state index contributed by atoms with van der Waals surface area (Å²) in [4.78, 5) is 8.69. The molecule has 1 aliphatic heterocycles. The SMILES string of the molecule is N#Cc1cccnc1N1CCN(c2cccc(O)c2)CC1. The van der Waals surface area contributed by atoms with Crippen LogP contribution in [-0.2, 0) is 0 Å². The molecule has 0 radical (unpaired) electrons. The fourth-order valence-electron chi connectivity index (χ4n) is 2.60. The van der Waals surface area contributed by atoms with Crippen LogP contribution in [0.4, 0.5) is 11.5 Å². The van der Waals surface area contributed by atoms with E-state index in [-0.39, 0.29) is 5.75 Å². The lowest BCUT2D eigenvalue weighted by Crippen LogP contribution is -2.47. The van der Waals surface area contributed by atoms with Gasteiger partial charge in [-0.3, -0.25) is 0 Å². The minimum atomic E-state index is 0.284. The predicted octanol–water partition coefficient (Wildman–Crippen LogP) is 1.99. The molecule has 3 rings (SSSR count). The molecule has 106 valence electrons. The lowest BCUT2D eigenvalue weighted by Gasteiger charge is -2.37. The summed E-state index contributed by atoms with van der Waals surface area (Å²) in [7, 11) is 0. The first-order valence-corrected chi connectivity index (χ1v) is 6.92. The number of phenols is 1. The van der Waals surface area contributed by atoms with Crippen molar-refractivity contribution in [2.24, 2.45) is 0 Å². The van der Waals surface area contributed by atoms with Crippen molar-refractivity contribution in [2.75, 3.05) is 36.0 Å². The number of hydrogen-bond acceptors (Lipinski definition) is 5. The van der Waals surface area contributed by atoms with E-state index in [0.29, 0.717) is 5.56 Å². The molecule has 1 aromatic carbocycles. The Morgan fingerprint density at radius 1 is 1.05 bits per heavy atom. The van der Waals surface area contributed by atoms with Gasteiger partial charge in [0.25, 0.3) is 0 Å². The van der Waals surface area contributed by atoms with Crippen LogP contribution >= 0.6 is 0 Å². The van der Waals surface area contributed by atoms with Crippen LogP contribution in [0.2, 0.25) is 0 Å². The van der Waals surface area contributed by atoms with E-state index in [1.54, 1.807) is 30.5 Å². The van der Waals surface area contributed by atoms with Crippen molar-refractivity contribution in [3.63, 3.8) is 0 Å². The Labute approximate surface area is 123 Å². The van der Waals surface area contributed by atoms with Gasteiger partial charge < -0.3 is 14.9 Å². The van der Waals surface area contributed by atoms with Gasteiger partial charge in [0.1, 0.15) is 17.6 Å². The zero-order valence-corrected chi connectivity index (χ0v) is 11.6. The monoisotopic (exact) mass is 280 g/mol. The normalized spacial score (nSPS) is 14.8. The zero-order valence-electron chi connectivity index (χ0n) is 11.6. The van der Waals surface area contributed by atoms with E-state index in [1.807, 2.05) is 12.1 Å². The van der Waals surface area contributed by atoms with Gasteiger partial charge in [0.15, 0.2) is 0 Å². The van der Waals surface area contributed by atoms with Crippen molar-refractivity contribution < 1.29 is 5.11 Å². The molecule has 1 saturated heterocycles. The zero-order chi connectivity index (χ0) is 14.7. The van der Waals surface area contributed by atoms with E-state index in [9.17, 15) is 5.11 Å². The van der Waals surface area contributed by atoms with Gasteiger partial charge in [-0.2, -0.15) is 5.26 Å². The van der Waals surface area contributed by atoms with E-state index in [4.69, 9.17) is 5.26 Å². The maximum absolute atomic E-state index is 9.56. The Morgan fingerprint density at radius 3 is 2.52 bits per heavy atom. The Hall–Kier alpha value is -2.74. The van der Waals surface area contributed by atoms with Crippen molar-refractivity contribution >= 4 is 11.5 Å². The summed E-state index contributed by atoms with van der Waals surface area (Å²) in [5.41, 5.74) is 1.64. The number of hydrogen-bond donors (Lipinski definition) is 1. The quantitative estimate of drug-likeness (QED) is 0.911. The first kappa shape index (κ1) is 13.3. The number of phenolic OH excluding ortho intramolecular Hbond substituents is 1. The minimum absolute atomic E-state index is 0.284. The average molecular weight is 280 g/mol. The van der Waals surface area contributed by atoms with Gasteiger partial charge in [0.2, 0.25) is 0 Å². The first-order chi connectivity index (χ1) is 10.3. The third-order valence-electron chi connectivity index (χ3n) is 3.68. The smallest absolute Gasteiger partial charge is 0.146 e. The van der Waals surface area contributed by atoms with Crippen molar-refractivity contribution in [3.05, 3.63) is 48.2 Å². The van der Waals surface area contributed by atoms with E-state index in [1.165, 1.54) is 0 Å². The number of aromatic nitrogens is 1. The number of nitrogens with zero attached hydrogens (tertiary/aromatic N) is 4. The molecule has 2 aromatic rings. The molecule has 1 aromatic heterocycles. The molecule has 21 heavy (non-hydrogen) atoms. The van der Waals surface area contributed by atoms with E-state index >= 15 is 0 Å². The van der Waals surface area contributed by atoms with Crippen molar-refractivity contribution in [1.29, 1.82) is 5.26 Å². The van der Waals surface area contributed by atoms with Gasteiger partial charge in [-0.05, 0) is 24.3 Å². The molecule has 5 nitrogen and oxygen atoms in total. The van der Waals surface area contributed by atoms with Crippen LogP contribution in [0.1, 0.15) is 5.56 Å². The second-order valence-electron chi connectivity index (χ2n) is 4.98. The van der Waals surface area contributed by atoms with Crippen LogP contribution in [0.3, 0.4) is 0 Å². The van der Waals surface area contributed by atoms with E-state index < -0.39 is 0 Å². The summed E-state index contributed by atoms with van der Waals surface area (Å²) in [6, 6.07) is 13.1. The van der Waals surface area contributed by atoms with Crippen molar-refractivity contribution in [1.82, 2.24) is 4.98 Å². The third-order valence-corrected chi connectivity index (χ3v) is 3.68. The molecular formula is C16H16N4O. The molecular weight excluding hydrogens is 264 g/mol.